The van der Waals surface area contributed by atoms with Gasteiger partial charge in [-0.05, 0) is 24.3 Å². The highest BCUT2D eigenvalue weighted by molar-refractivity contribution is 7.89. The summed E-state index contributed by atoms with van der Waals surface area (Å²) < 4.78 is 34.6. The van der Waals surface area contributed by atoms with Gasteiger partial charge in [-0.3, -0.25) is 24.3 Å². The van der Waals surface area contributed by atoms with Gasteiger partial charge < -0.3 is 20.0 Å². The first-order chi connectivity index (χ1) is 20.0. The minimum Gasteiger partial charge on any atom is -0.495 e. The molecular formula is C28H25ClN4O8S. The predicted molar refractivity (Wildman–Crippen MR) is 153 cm³/mol. The van der Waals surface area contributed by atoms with Crippen molar-refractivity contribution in [1.82, 2.24) is 10.0 Å². The van der Waals surface area contributed by atoms with E-state index in [9.17, 15) is 27.6 Å². The molecule has 12 nitrogen and oxygen atoms in total. The molecule has 0 saturated carbocycles. The van der Waals surface area contributed by atoms with Crippen LogP contribution in [0.4, 0.5) is 5.69 Å². The molecule has 1 aliphatic heterocycles. The van der Waals surface area contributed by atoms with Crippen molar-refractivity contribution >= 4 is 57.1 Å². The molecule has 3 N–H and O–H groups in total. The summed E-state index contributed by atoms with van der Waals surface area (Å²) in [5.74, 6) is -3.10. The number of ether oxygens (including phenoxy) is 1. The average molecular weight is 613 g/mol. The van der Waals surface area contributed by atoms with Gasteiger partial charge in [-0.1, -0.05) is 60.1 Å². The first-order valence-electron chi connectivity index (χ1n) is 12.4. The molecule has 0 aliphatic carbocycles. The van der Waals surface area contributed by atoms with Crippen LogP contribution in [-0.2, 0) is 29.2 Å². The van der Waals surface area contributed by atoms with Crippen LogP contribution in [0.15, 0.2) is 82.7 Å². The monoisotopic (exact) mass is 612 g/mol. The number of nitrogens with zero attached hydrogens (tertiary/aromatic N) is 2. The number of hydrogen-bond donors (Lipinski definition) is 3. The van der Waals surface area contributed by atoms with E-state index in [1.165, 1.54) is 19.2 Å². The van der Waals surface area contributed by atoms with Crippen molar-refractivity contribution in [2.45, 2.75) is 23.5 Å². The molecule has 2 amide bonds. The molecule has 3 aromatic rings. The molecule has 218 valence electrons. The maximum Gasteiger partial charge on any atom is 0.305 e. The number of aldehydes is 1. The molecular weight excluding hydrogens is 588 g/mol. The smallest absolute Gasteiger partial charge is 0.305 e. The summed E-state index contributed by atoms with van der Waals surface area (Å²) in [6.07, 6.45) is -2.14. The van der Waals surface area contributed by atoms with E-state index < -0.39 is 53.0 Å². The van der Waals surface area contributed by atoms with Crippen molar-refractivity contribution in [2.24, 2.45) is 4.99 Å². The van der Waals surface area contributed by atoms with Gasteiger partial charge in [0.2, 0.25) is 15.9 Å². The molecule has 1 aliphatic rings. The number of halogens is 1. The third kappa shape index (κ3) is 6.82. The predicted octanol–water partition coefficient (Wildman–Crippen LogP) is 2.00. The summed E-state index contributed by atoms with van der Waals surface area (Å²) in [6, 6.07) is 17.9. The number of carbonyl (C=O) groups is 4. The Bertz CT molecular complexity index is 1660. The number of methoxy groups -OCH3 is 1. The van der Waals surface area contributed by atoms with Crippen molar-refractivity contribution in [1.29, 1.82) is 0 Å². The fourth-order valence-electron chi connectivity index (χ4n) is 4.28. The van der Waals surface area contributed by atoms with Crippen molar-refractivity contribution < 1.29 is 37.4 Å². The number of nitrogens with one attached hydrogen (secondary N) is 2. The van der Waals surface area contributed by atoms with Gasteiger partial charge in [0.15, 0.2) is 6.17 Å². The zero-order valence-corrected chi connectivity index (χ0v) is 23.6. The van der Waals surface area contributed by atoms with Crippen LogP contribution < -0.4 is 19.7 Å². The minimum atomic E-state index is -4.48. The van der Waals surface area contributed by atoms with Crippen LogP contribution >= 0.6 is 11.6 Å². The maximum atomic E-state index is 14.0. The normalized spacial score (nSPS) is 15.6. The van der Waals surface area contributed by atoms with Gasteiger partial charge in [0.25, 0.3) is 5.91 Å². The number of sulfonamides is 1. The topological polar surface area (TPSA) is 172 Å². The number of para-hydroxylation sites is 1. The van der Waals surface area contributed by atoms with Crippen molar-refractivity contribution in [2.75, 3.05) is 18.6 Å². The second-order valence-corrected chi connectivity index (χ2v) is 11.1. The average Bonchev–Trinajstić information content (AvgIpc) is 3.07. The second kappa shape index (κ2) is 12.9. The van der Waals surface area contributed by atoms with E-state index in [4.69, 9.17) is 21.4 Å². The molecule has 4 rings (SSSR count). The summed E-state index contributed by atoms with van der Waals surface area (Å²) in [5, 5.41) is 11.4. The lowest BCUT2D eigenvalue weighted by molar-refractivity contribution is -0.138. The van der Waals surface area contributed by atoms with Crippen LogP contribution in [0, 0.1) is 0 Å². The highest BCUT2D eigenvalue weighted by Crippen LogP contribution is 2.30. The van der Waals surface area contributed by atoms with E-state index in [-0.39, 0.29) is 33.4 Å². The lowest BCUT2D eigenvalue weighted by Gasteiger charge is -2.25. The molecule has 0 saturated heterocycles. The van der Waals surface area contributed by atoms with E-state index in [1.54, 1.807) is 54.6 Å². The van der Waals surface area contributed by atoms with Gasteiger partial charge in [-0.2, -0.15) is 4.72 Å². The number of fused-ring (bicyclic) bond motifs is 1. The SMILES string of the molecule is COc1ccc(Cl)cc1S(=O)(=O)NC1N=C(c2ccccc2)c2ccccc2N(CC(=O)N[C@H](C=O)CC(=O)O)C1=O. The Morgan fingerprint density at radius 2 is 1.81 bits per heavy atom. The van der Waals surface area contributed by atoms with Crippen LogP contribution in [0.1, 0.15) is 17.5 Å². The summed E-state index contributed by atoms with van der Waals surface area (Å²) >= 11 is 6.05. The van der Waals surface area contributed by atoms with Crippen LogP contribution in [0.5, 0.6) is 5.75 Å². The number of anilines is 1. The van der Waals surface area contributed by atoms with Gasteiger partial charge in [0.1, 0.15) is 23.5 Å². The number of aliphatic imine (C=N–C) groups is 1. The number of carboxylic acid groups (broad SMARTS) is 1. The quantitative estimate of drug-likeness (QED) is 0.276. The number of carboxylic acids is 1. The fourth-order valence-corrected chi connectivity index (χ4v) is 5.79. The first kappa shape index (κ1) is 30.4. The maximum absolute atomic E-state index is 14.0. The molecule has 0 aromatic heterocycles. The lowest BCUT2D eigenvalue weighted by Crippen LogP contribution is -2.51. The Hall–Kier alpha value is -4.59. The summed E-state index contributed by atoms with van der Waals surface area (Å²) in [6.45, 7) is -0.671. The Labute approximate surface area is 246 Å². The van der Waals surface area contributed by atoms with Crippen molar-refractivity contribution in [3.8, 4) is 5.75 Å². The number of carbonyl (C=O) groups excluding carboxylic acids is 3. The van der Waals surface area contributed by atoms with E-state index in [0.717, 1.165) is 11.0 Å². The Kier molecular flexibility index (Phi) is 9.35. The number of amides is 2. The molecule has 3 aromatic carbocycles. The summed E-state index contributed by atoms with van der Waals surface area (Å²) in [4.78, 5) is 54.5. The van der Waals surface area contributed by atoms with Crippen LogP contribution in [0.25, 0.3) is 0 Å². The molecule has 0 bridgehead atoms. The van der Waals surface area contributed by atoms with Crippen LogP contribution in [0.3, 0.4) is 0 Å². The van der Waals surface area contributed by atoms with E-state index in [2.05, 4.69) is 15.0 Å². The third-order valence-electron chi connectivity index (χ3n) is 6.14. The van der Waals surface area contributed by atoms with E-state index in [0.29, 0.717) is 11.1 Å². The molecule has 0 spiro atoms. The molecule has 14 heteroatoms. The van der Waals surface area contributed by atoms with Crippen LogP contribution in [-0.4, -0.2) is 69.2 Å². The number of benzene rings is 3. The van der Waals surface area contributed by atoms with Crippen molar-refractivity contribution in [3.63, 3.8) is 0 Å². The number of aliphatic carboxylic acids is 1. The Morgan fingerprint density at radius 1 is 1.12 bits per heavy atom. The molecule has 42 heavy (non-hydrogen) atoms. The summed E-state index contributed by atoms with van der Waals surface area (Å²) in [5.41, 5.74) is 1.49. The number of hydrogen-bond acceptors (Lipinski definition) is 8. The Morgan fingerprint density at radius 3 is 2.48 bits per heavy atom. The summed E-state index contributed by atoms with van der Waals surface area (Å²) in [7, 11) is -3.21. The largest absolute Gasteiger partial charge is 0.495 e. The molecule has 2 atom stereocenters. The standard InChI is InChI=1S/C28H25ClN4O8S/c1-41-22-12-11-18(29)13-23(22)42(39,40)32-27-28(38)33(15-24(35)30-19(16-34)14-25(36)37)21-10-6-5-9-20(21)26(31-27)17-7-3-2-4-8-17/h2-13,16,19,27,32H,14-15H2,1H3,(H,30,35)(H,36,37)/t19-,27?/m0/s1. The number of benzodiazepines with no additional fused rings is 1. The van der Waals surface area contributed by atoms with Crippen molar-refractivity contribution in [3.05, 3.63) is 88.9 Å². The lowest BCUT2D eigenvalue weighted by atomic mass is 10.0. The third-order valence-corrected chi connectivity index (χ3v) is 7.81. The van der Waals surface area contributed by atoms with E-state index >= 15 is 0 Å². The van der Waals surface area contributed by atoms with Gasteiger partial charge in [0.05, 0.1) is 31.0 Å². The molecule has 0 radical (unpaired) electrons. The zero-order chi connectivity index (χ0) is 30.4. The highest BCUT2D eigenvalue weighted by Gasteiger charge is 2.36. The second-order valence-electron chi connectivity index (χ2n) is 9.01. The molecule has 1 unspecified atom stereocenters. The highest BCUT2D eigenvalue weighted by atomic mass is 35.5. The molecule has 1 heterocycles. The van der Waals surface area contributed by atoms with Gasteiger partial charge in [-0.25, -0.2) is 8.42 Å². The minimum absolute atomic E-state index is 0.0295. The van der Waals surface area contributed by atoms with Gasteiger partial charge in [-0.15, -0.1) is 0 Å². The Balaban J connectivity index is 1.81. The van der Waals surface area contributed by atoms with Gasteiger partial charge >= 0.3 is 5.97 Å². The number of rotatable bonds is 11. The fraction of sp³-hybridized carbons (Fsp3) is 0.179. The van der Waals surface area contributed by atoms with Crippen LogP contribution in [0.2, 0.25) is 5.02 Å². The first-order valence-corrected chi connectivity index (χ1v) is 14.3. The van der Waals surface area contributed by atoms with Gasteiger partial charge in [0, 0.05) is 16.1 Å². The molecule has 0 fully saturated rings. The van der Waals surface area contributed by atoms with E-state index in [1.807, 2.05) is 0 Å². The zero-order valence-electron chi connectivity index (χ0n) is 22.1.